The quantitative estimate of drug-likeness (QED) is 0.612. The van der Waals surface area contributed by atoms with Crippen molar-refractivity contribution in [3.05, 3.63) is 89.5 Å². The molecule has 0 amide bonds. The lowest BCUT2D eigenvalue weighted by Gasteiger charge is -2.08. The maximum atomic E-state index is 12.8. The van der Waals surface area contributed by atoms with Crippen molar-refractivity contribution in [1.82, 2.24) is 0 Å². The minimum Gasteiger partial charge on any atom is -0.289 e. The fourth-order valence-electron chi connectivity index (χ4n) is 2.62. The normalized spacial score (nSPS) is 10.5. The van der Waals surface area contributed by atoms with Crippen LogP contribution in [0.5, 0.6) is 0 Å². The molecule has 0 spiro atoms. The molecule has 21 heavy (non-hydrogen) atoms. The van der Waals surface area contributed by atoms with Gasteiger partial charge >= 0.3 is 0 Å². The molecule has 0 atom stereocenters. The second-order valence-corrected chi connectivity index (χ2v) is 5.13. The molecule has 3 aromatic carbocycles. The minimum absolute atomic E-state index is 0.0607. The molecule has 3 rings (SSSR count). The zero-order chi connectivity index (χ0) is 14.8. The summed E-state index contributed by atoms with van der Waals surface area (Å²) in [5, 5.41) is 2.08. The number of ketones is 1. The fraction of sp³-hybridized carbons (Fsp3) is 0.0500. The van der Waals surface area contributed by atoms with Gasteiger partial charge in [0.15, 0.2) is 5.78 Å². The van der Waals surface area contributed by atoms with E-state index in [0.29, 0.717) is 0 Å². The maximum Gasteiger partial charge on any atom is 0.193 e. The molecule has 0 radical (unpaired) electrons. The van der Waals surface area contributed by atoms with Crippen LogP contribution in [0.3, 0.4) is 0 Å². The first-order valence-corrected chi connectivity index (χ1v) is 6.96. The second kappa shape index (κ2) is 5.37. The summed E-state index contributed by atoms with van der Waals surface area (Å²) in [7, 11) is 0. The summed E-state index contributed by atoms with van der Waals surface area (Å²) in [5.41, 5.74) is 3.59. The Morgan fingerprint density at radius 2 is 1.76 bits per heavy atom. The Kier molecular flexibility index (Phi) is 3.41. The molecule has 0 aliphatic heterocycles. The molecule has 0 saturated heterocycles. The Labute approximate surface area is 124 Å². The Morgan fingerprint density at radius 1 is 1.00 bits per heavy atom. The summed E-state index contributed by atoms with van der Waals surface area (Å²) >= 11 is 0. The summed E-state index contributed by atoms with van der Waals surface area (Å²) in [5.74, 6) is 0.0607. The third-order valence-electron chi connectivity index (χ3n) is 3.79. The topological polar surface area (TPSA) is 17.1 Å². The van der Waals surface area contributed by atoms with Crippen molar-refractivity contribution in [3.8, 4) is 0 Å². The van der Waals surface area contributed by atoms with Crippen molar-refractivity contribution in [3.63, 3.8) is 0 Å². The van der Waals surface area contributed by atoms with Gasteiger partial charge in [0.2, 0.25) is 0 Å². The Morgan fingerprint density at radius 3 is 2.52 bits per heavy atom. The van der Waals surface area contributed by atoms with Gasteiger partial charge in [0.1, 0.15) is 0 Å². The van der Waals surface area contributed by atoms with Crippen LogP contribution in [-0.2, 0) is 0 Å². The number of aryl methyl sites for hydroxylation is 1. The molecule has 0 aliphatic carbocycles. The number of carbonyl (C=O) groups is 1. The van der Waals surface area contributed by atoms with E-state index in [9.17, 15) is 4.79 Å². The molecule has 0 N–H and O–H groups in total. The lowest BCUT2D eigenvalue weighted by molar-refractivity contribution is 0.104. The third kappa shape index (κ3) is 2.38. The standard InChI is InChI=1S/C20H16O/c1-3-15-11-12-17(13-14(15)2)20(21)19-10-6-8-16-7-4-5-9-18(16)19/h3-13H,1H2,2H3. The molecule has 1 nitrogen and oxygen atoms in total. The van der Waals surface area contributed by atoms with Crippen molar-refractivity contribution in [1.29, 1.82) is 0 Å². The summed E-state index contributed by atoms with van der Waals surface area (Å²) in [6.07, 6.45) is 1.81. The number of benzene rings is 3. The molecule has 0 heterocycles. The Bertz CT molecular complexity index is 838. The Balaban J connectivity index is 2.12. The van der Waals surface area contributed by atoms with Gasteiger partial charge < -0.3 is 0 Å². The van der Waals surface area contributed by atoms with Gasteiger partial charge in [-0.2, -0.15) is 0 Å². The number of fused-ring (bicyclic) bond motifs is 1. The van der Waals surface area contributed by atoms with E-state index in [-0.39, 0.29) is 5.78 Å². The van der Waals surface area contributed by atoms with Crippen LogP contribution in [0.4, 0.5) is 0 Å². The average Bonchev–Trinajstić information content (AvgIpc) is 2.53. The highest BCUT2D eigenvalue weighted by atomic mass is 16.1. The lowest BCUT2D eigenvalue weighted by atomic mass is 9.95. The first kappa shape index (κ1) is 13.3. The molecular weight excluding hydrogens is 256 g/mol. The zero-order valence-corrected chi connectivity index (χ0v) is 12.0. The van der Waals surface area contributed by atoms with Gasteiger partial charge in [-0.1, -0.05) is 67.3 Å². The summed E-state index contributed by atoms with van der Waals surface area (Å²) in [6.45, 7) is 5.78. The van der Waals surface area contributed by atoms with Gasteiger partial charge in [-0.25, -0.2) is 0 Å². The lowest BCUT2D eigenvalue weighted by Crippen LogP contribution is -2.03. The molecule has 102 valence electrons. The highest BCUT2D eigenvalue weighted by Gasteiger charge is 2.12. The summed E-state index contributed by atoms with van der Waals surface area (Å²) < 4.78 is 0. The van der Waals surface area contributed by atoms with E-state index in [2.05, 4.69) is 6.58 Å². The Hall–Kier alpha value is -2.67. The van der Waals surface area contributed by atoms with Crippen LogP contribution in [0, 0.1) is 6.92 Å². The van der Waals surface area contributed by atoms with Crippen LogP contribution < -0.4 is 0 Å². The van der Waals surface area contributed by atoms with Gasteiger partial charge in [-0.05, 0) is 34.9 Å². The van der Waals surface area contributed by atoms with E-state index < -0.39 is 0 Å². The monoisotopic (exact) mass is 272 g/mol. The highest BCUT2D eigenvalue weighted by molar-refractivity contribution is 6.16. The van der Waals surface area contributed by atoms with Crippen LogP contribution in [0.1, 0.15) is 27.0 Å². The number of hydrogen-bond acceptors (Lipinski definition) is 1. The number of hydrogen-bond donors (Lipinski definition) is 0. The predicted octanol–water partition coefficient (Wildman–Crippen LogP) is 5.02. The van der Waals surface area contributed by atoms with E-state index in [0.717, 1.165) is 33.0 Å². The summed E-state index contributed by atoms with van der Waals surface area (Å²) in [6, 6.07) is 19.6. The van der Waals surface area contributed by atoms with Gasteiger partial charge in [0, 0.05) is 11.1 Å². The van der Waals surface area contributed by atoms with Crippen molar-refractivity contribution in [2.24, 2.45) is 0 Å². The molecule has 0 aliphatic rings. The fourth-order valence-corrected chi connectivity index (χ4v) is 2.62. The maximum absolute atomic E-state index is 12.8. The number of carbonyl (C=O) groups excluding carboxylic acids is 1. The van der Waals surface area contributed by atoms with Gasteiger partial charge in [0.05, 0.1) is 0 Å². The van der Waals surface area contributed by atoms with E-state index in [1.807, 2.05) is 73.7 Å². The number of rotatable bonds is 3. The van der Waals surface area contributed by atoms with Crippen LogP contribution in [-0.4, -0.2) is 5.78 Å². The van der Waals surface area contributed by atoms with E-state index in [1.165, 1.54) is 0 Å². The molecule has 0 fully saturated rings. The van der Waals surface area contributed by atoms with Crippen molar-refractivity contribution < 1.29 is 4.79 Å². The van der Waals surface area contributed by atoms with Gasteiger partial charge in [-0.15, -0.1) is 0 Å². The van der Waals surface area contributed by atoms with Crippen molar-refractivity contribution >= 4 is 22.6 Å². The zero-order valence-electron chi connectivity index (χ0n) is 12.0. The van der Waals surface area contributed by atoms with E-state index >= 15 is 0 Å². The van der Waals surface area contributed by atoms with Crippen LogP contribution in [0.2, 0.25) is 0 Å². The van der Waals surface area contributed by atoms with Crippen LogP contribution >= 0.6 is 0 Å². The molecule has 0 unspecified atom stereocenters. The SMILES string of the molecule is C=Cc1ccc(C(=O)c2cccc3ccccc23)cc1C. The van der Waals surface area contributed by atoms with Gasteiger partial charge in [-0.3, -0.25) is 4.79 Å². The van der Waals surface area contributed by atoms with E-state index in [1.54, 1.807) is 0 Å². The van der Waals surface area contributed by atoms with Gasteiger partial charge in [0.25, 0.3) is 0 Å². The first-order valence-electron chi connectivity index (χ1n) is 6.96. The molecule has 0 bridgehead atoms. The summed E-state index contributed by atoms with van der Waals surface area (Å²) in [4.78, 5) is 12.8. The third-order valence-corrected chi connectivity index (χ3v) is 3.79. The van der Waals surface area contributed by atoms with Crippen molar-refractivity contribution in [2.45, 2.75) is 6.92 Å². The highest BCUT2D eigenvalue weighted by Crippen LogP contribution is 2.22. The average molecular weight is 272 g/mol. The molecule has 0 aromatic heterocycles. The largest absolute Gasteiger partial charge is 0.289 e. The second-order valence-electron chi connectivity index (χ2n) is 5.13. The van der Waals surface area contributed by atoms with Crippen molar-refractivity contribution in [2.75, 3.05) is 0 Å². The van der Waals surface area contributed by atoms with E-state index in [4.69, 9.17) is 0 Å². The molecular formula is C20H16O. The molecule has 3 aromatic rings. The smallest absolute Gasteiger partial charge is 0.193 e. The molecule has 0 saturated carbocycles. The first-order chi connectivity index (χ1) is 10.2. The molecule has 1 heteroatoms. The minimum atomic E-state index is 0.0607. The van der Waals surface area contributed by atoms with Crippen LogP contribution in [0.25, 0.3) is 16.8 Å². The predicted molar refractivity (Wildman–Crippen MR) is 88.7 cm³/mol. The van der Waals surface area contributed by atoms with Crippen LogP contribution in [0.15, 0.2) is 67.2 Å².